The van der Waals surface area contributed by atoms with E-state index in [-0.39, 0.29) is 11.8 Å². The number of rotatable bonds is 3. The Morgan fingerprint density at radius 3 is 2.45 bits per heavy atom. The van der Waals surface area contributed by atoms with Gasteiger partial charge in [-0.15, -0.1) is 0 Å². The number of methoxy groups -OCH3 is 1. The molecule has 1 N–H and O–H groups in total. The van der Waals surface area contributed by atoms with Crippen LogP contribution in [0.1, 0.15) is 28.8 Å². The molecule has 1 fully saturated rings. The molecule has 5 heteroatoms. The van der Waals surface area contributed by atoms with Gasteiger partial charge in [0, 0.05) is 18.7 Å². The zero-order valence-electron chi connectivity index (χ0n) is 11.8. The molecular weight excluding hydrogens is 258 g/mol. The standard InChI is InChI=1S/C15H19NO4/c1-10-9-12(3-4-13(10)20-2)14(17)16-7-5-11(6-8-16)15(18)19/h3-4,9,11H,5-8H2,1-2H3,(H,18,19). The molecule has 1 aromatic rings. The van der Waals surface area contributed by atoms with Crippen molar-refractivity contribution < 1.29 is 19.4 Å². The molecule has 1 saturated heterocycles. The molecule has 20 heavy (non-hydrogen) atoms. The molecule has 0 spiro atoms. The minimum Gasteiger partial charge on any atom is -0.496 e. The number of amides is 1. The molecule has 1 amide bonds. The second-order valence-electron chi connectivity index (χ2n) is 5.09. The quantitative estimate of drug-likeness (QED) is 0.917. The average Bonchev–Trinajstić information content (AvgIpc) is 2.46. The number of benzene rings is 1. The number of carbonyl (C=O) groups is 2. The zero-order valence-corrected chi connectivity index (χ0v) is 11.8. The van der Waals surface area contributed by atoms with Crippen LogP contribution in [0.15, 0.2) is 18.2 Å². The summed E-state index contributed by atoms with van der Waals surface area (Å²) in [7, 11) is 1.60. The maximum absolute atomic E-state index is 12.4. The van der Waals surface area contributed by atoms with Crippen LogP contribution in [0.25, 0.3) is 0 Å². The first-order valence-corrected chi connectivity index (χ1v) is 6.69. The van der Waals surface area contributed by atoms with E-state index >= 15 is 0 Å². The van der Waals surface area contributed by atoms with Crippen LogP contribution < -0.4 is 4.74 Å². The Morgan fingerprint density at radius 2 is 1.95 bits per heavy atom. The second-order valence-corrected chi connectivity index (χ2v) is 5.09. The van der Waals surface area contributed by atoms with Gasteiger partial charge >= 0.3 is 5.97 Å². The van der Waals surface area contributed by atoms with Crippen LogP contribution in [-0.4, -0.2) is 42.1 Å². The number of aliphatic carboxylic acids is 1. The Labute approximate surface area is 118 Å². The van der Waals surface area contributed by atoms with Crippen molar-refractivity contribution in [3.63, 3.8) is 0 Å². The Bertz CT molecular complexity index is 519. The van der Waals surface area contributed by atoms with Crippen LogP contribution in [0, 0.1) is 12.8 Å². The molecule has 1 aromatic carbocycles. The van der Waals surface area contributed by atoms with Gasteiger partial charge in [-0.1, -0.05) is 0 Å². The lowest BCUT2D eigenvalue weighted by molar-refractivity contribution is -0.143. The van der Waals surface area contributed by atoms with E-state index in [1.54, 1.807) is 24.1 Å². The smallest absolute Gasteiger partial charge is 0.306 e. The molecule has 0 aromatic heterocycles. The molecule has 0 unspecified atom stereocenters. The Morgan fingerprint density at radius 1 is 1.30 bits per heavy atom. The summed E-state index contributed by atoms with van der Waals surface area (Å²) in [6.45, 7) is 2.90. The summed E-state index contributed by atoms with van der Waals surface area (Å²) in [4.78, 5) is 25.0. The lowest BCUT2D eigenvalue weighted by atomic mass is 9.96. The first-order chi connectivity index (χ1) is 9.52. The number of likely N-dealkylation sites (tertiary alicyclic amines) is 1. The molecule has 1 aliphatic heterocycles. The molecule has 0 aliphatic carbocycles. The van der Waals surface area contributed by atoms with Gasteiger partial charge in [-0.3, -0.25) is 9.59 Å². The van der Waals surface area contributed by atoms with Gasteiger partial charge in [0.15, 0.2) is 0 Å². The first-order valence-electron chi connectivity index (χ1n) is 6.69. The predicted octanol–water partition coefficient (Wildman–Crippen LogP) is 1.94. The summed E-state index contributed by atoms with van der Waals surface area (Å²) < 4.78 is 5.18. The normalized spacial score (nSPS) is 16.0. The van der Waals surface area contributed by atoms with Gasteiger partial charge in [-0.05, 0) is 43.5 Å². The van der Waals surface area contributed by atoms with Crippen molar-refractivity contribution >= 4 is 11.9 Å². The van der Waals surface area contributed by atoms with Gasteiger partial charge in [0.05, 0.1) is 13.0 Å². The lowest BCUT2D eigenvalue weighted by Crippen LogP contribution is -2.40. The number of hydrogen-bond donors (Lipinski definition) is 1. The van der Waals surface area contributed by atoms with Crippen molar-refractivity contribution in [2.45, 2.75) is 19.8 Å². The molecule has 1 heterocycles. The maximum Gasteiger partial charge on any atom is 0.306 e. The molecule has 2 rings (SSSR count). The highest BCUT2D eigenvalue weighted by Crippen LogP contribution is 2.22. The van der Waals surface area contributed by atoms with Crippen LogP contribution in [0.2, 0.25) is 0 Å². The molecule has 0 radical (unpaired) electrons. The van der Waals surface area contributed by atoms with Gasteiger partial charge in [-0.2, -0.15) is 0 Å². The number of carboxylic acids is 1. The monoisotopic (exact) mass is 277 g/mol. The van der Waals surface area contributed by atoms with E-state index < -0.39 is 5.97 Å². The topological polar surface area (TPSA) is 66.8 Å². The Balaban J connectivity index is 2.05. The fourth-order valence-electron chi connectivity index (χ4n) is 2.52. The maximum atomic E-state index is 12.4. The largest absolute Gasteiger partial charge is 0.496 e. The van der Waals surface area contributed by atoms with E-state index in [4.69, 9.17) is 9.84 Å². The summed E-state index contributed by atoms with van der Waals surface area (Å²) in [5.74, 6) is -0.375. The summed E-state index contributed by atoms with van der Waals surface area (Å²) >= 11 is 0. The highest BCUT2D eigenvalue weighted by molar-refractivity contribution is 5.94. The summed E-state index contributed by atoms with van der Waals surface area (Å²) in [5.41, 5.74) is 1.54. The van der Waals surface area contributed by atoms with Crippen LogP contribution in [0.5, 0.6) is 5.75 Å². The van der Waals surface area contributed by atoms with Gasteiger partial charge in [-0.25, -0.2) is 0 Å². The number of nitrogens with zero attached hydrogens (tertiary/aromatic N) is 1. The van der Waals surface area contributed by atoms with E-state index in [1.165, 1.54) is 0 Å². The van der Waals surface area contributed by atoms with E-state index in [2.05, 4.69) is 0 Å². The lowest BCUT2D eigenvalue weighted by Gasteiger charge is -2.30. The molecule has 1 aliphatic rings. The number of hydrogen-bond acceptors (Lipinski definition) is 3. The average molecular weight is 277 g/mol. The molecule has 108 valence electrons. The molecule has 0 bridgehead atoms. The van der Waals surface area contributed by atoms with Crippen molar-refractivity contribution in [3.8, 4) is 5.75 Å². The third-order valence-corrected chi connectivity index (χ3v) is 3.77. The molecular formula is C15H19NO4. The van der Waals surface area contributed by atoms with Crippen LogP contribution >= 0.6 is 0 Å². The van der Waals surface area contributed by atoms with Gasteiger partial charge < -0.3 is 14.7 Å². The van der Waals surface area contributed by atoms with Crippen LogP contribution in [-0.2, 0) is 4.79 Å². The van der Waals surface area contributed by atoms with Gasteiger partial charge in [0.1, 0.15) is 5.75 Å². The number of carboxylic acid groups (broad SMARTS) is 1. The van der Waals surface area contributed by atoms with Gasteiger partial charge in [0.2, 0.25) is 0 Å². The van der Waals surface area contributed by atoms with Crippen molar-refractivity contribution in [3.05, 3.63) is 29.3 Å². The number of piperidine rings is 1. The fourth-order valence-corrected chi connectivity index (χ4v) is 2.52. The molecule has 0 atom stereocenters. The van der Waals surface area contributed by atoms with Crippen molar-refractivity contribution in [2.24, 2.45) is 5.92 Å². The number of ether oxygens (including phenoxy) is 1. The van der Waals surface area contributed by atoms with Crippen molar-refractivity contribution in [1.82, 2.24) is 4.90 Å². The van der Waals surface area contributed by atoms with Crippen LogP contribution in [0.4, 0.5) is 0 Å². The van der Waals surface area contributed by atoms with Crippen molar-refractivity contribution in [2.75, 3.05) is 20.2 Å². The molecule has 5 nitrogen and oxygen atoms in total. The minimum absolute atomic E-state index is 0.0420. The molecule has 0 saturated carbocycles. The highest BCUT2D eigenvalue weighted by atomic mass is 16.5. The zero-order chi connectivity index (χ0) is 14.7. The third kappa shape index (κ3) is 2.92. The summed E-state index contributed by atoms with van der Waals surface area (Å²) in [6, 6.07) is 5.34. The fraction of sp³-hybridized carbons (Fsp3) is 0.467. The van der Waals surface area contributed by atoms with E-state index in [0.29, 0.717) is 31.5 Å². The third-order valence-electron chi connectivity index (χ3n) is 3.77. The predicted molar refractivity (Wildman–Crippen MR) is 74.0 cm³/mol. The highest BCUT2D eigenvalue weighted by Gasteiger charge is 2.27. The Kier molecular flexibility index (Phi) is 4.27. The van der Waals surface area contributed by atoms with Crippen LogP contribution in [0.3, 0.4) is 0 Å². The summed E-state index contributed by atoms with van der Waals surface area (Å²) in [5, 5.41) is 8.96. The Hall–Kier alpha value is -2.04. The second kappa shape index (κ2) is 5.94. The first kappa shape index (κ1) is 14.4. The van der Waals surface area contributed by atoms with E-state index in [9.17, 15) is 9.59 Å². The van der Waals surface area contributed by atoms with Crippen molar-refractivity contribution in [1.29, 1.82) is 0 Å². The SMILES string of the molecule is COc1ccc(C(=O)N2CCC(C(=O)O)CC2)cc1C. The van der Waals surface area contributed by atoms with E-state index in [0.717, 1.165) is 11.3 Å². The van der Waals surface area contributed by atoms with E-state index in [1.807, 2.05) is 13.0 Å². The van der Waals surface area contributed by atoms with Gasteiger partial charge in [0.25, 0.3) is 5.91 Å². The number of aryl methyl sites for hydroxylation is 1. The summed E-state index contributed by atoms with van der Waals surface area (Å²) in [6.07, 6.45) is 1.05. The minimum atomic E-state index is -0.766. The number of carbonyl (C=O) groups excluding carboxylic acids is 1.